The van der Waals surface area contributed by atoms with E-state index in [0.29, 0.717) is 35.2 Å². The van der Waals surface area contributed by atoms with Gasteiger partial charge >= 0.3 is 0 Å². The Bertz CT molecular complexity index is 1360. The van der Waals surface area contributed by atoms with Gasteiger partial charge in [-0.05, 0) is 109 Å². The second-order valence-corrected chi connectivity index (χ2v) is 13.9. The Balaban J connectivity index is 1.18. The van der Waals surface area contributed by atoms with Crippen molar-refractivity contribution in [3.63, 3.8) is 0 Å². The summed E-state index contributed by atoms with van der Waals surface area (Å²) in [6, 6.07) is 30.6. The fraction of sp³-hybridized carbons (Fsp3) is 0.500. The van der Waals surface area contributed by atoms with Crippen LogP contribution in [0.1, 0.15) is 66.8 Å². The number of piperidine rings is 1. The highest BCUT2D eigenvalue weighted by Crippen LogP contribution is 2.76. The topological polar surface area (TPSA) is 26.7 Å². The van der Waals surface area contributed by atoms with Crippen LogP contribution in [0.15, 0.2) is 78.9 Å². The number of phenolic OH excluding ortho intramolecular Hbond substituents is 1. The summed E-state index contributed by atoms with van der Waals surface area (Å²) in [6.07, 6.45) is 9.39. The van der Waals surface area contributed by atoms with Crippen molar-refractivity contribution in [2.75, 3.05) is 19.6 Å². The summed E-state index contributed by atoms with van der Waals surface area (Å²) >= 11 is 0. The lowest BCUT2D eigenvalue weighted by atomic mass is 9.43. The average molecular weight is 517 g/mol. The summed E-state index contributed by atoms with van der Waals surface area (Å²) in [4.78, 5) is 5.89. The molecule has 6 atom stereocenters. The highest BCUT2D eigenvalue weighted by Gasteiger charge is 2.76. The van der Waals surface area contributed by atoms with E-state index >= 15 is 0 Å². The van der Waals surface area contributed by atoms with E-state index in [2.05, 4.69) is 82.6 Å². The molecule has 9 rings (SSSR count). The first-order chi connectivity index (χ1) is 19.2. The molecule has 2 aliphatic heterocycles. The van der Waals surface area contributed by atoms with E-state index in [0.717, 1.165) is 11.8 Å². The summed E-state index contributed by atoms with van der Waals surface area (Å²) in [6.45, 7) is 3.77. The number of fused-ring (bicyclic) bond motifs is 1. The molecule has 2 saturated heterocycles. The van der Waals surface area contributed by atoms with Crippen LogP contribution in [-0.2, 0) is 11.8 Å². The zero-order chi connectivity index (χ0) is 25.8. The molecule has 200 valence electrons. The van der Waals surface area contributed by atoms with Gasteiger partial charge in [0.25, 0.3) is 0 Å². The molecule has 39 heavy (non-hydrogen) atoms. The van der Waals surface area contributed by atoms with Crippen LogP contribution < -0.4 is 0 Å². The van der Waals surface area contributed by atoms with E-state index < -0.39 is 0 Å². The number of phenols is 1. The van der Waals surface area contributed by atoms with Crippen molar-refractivity contribution in [2.24, 2.45) is 23.2 Å². The molecule has 6 aliphatic rings. The molecule has 0 spiro atoms. The van der Waals surface area contributed by atoms with Gasteiger partial charge < -0.3 is 5.11 Å². The Kier molecular flexibility index (Phi) is 4.87. The summed E-state index contributed by atoms with van der Waals surface area (Å²) in [7, 11) is 0. The third-order valence-corrected chi connectivity index (χ3v) is 12.4. The van der Waals surface area contributed by atoms with Gasteiger partial charge in [-0.1, -0.05) is 66.7 Å². The van der Waals surface area contributed by atoms with Gasteiger partial charge in [-0.2, -0.15) is 0 Å². The number of hydrogen-bond acceptors (Lipinski definition) is 3. The lowest BCUT2D eigenvalue weighted by molar-refractivity contribution is -0.107. The summed E-state index contributed by atoms with van der Waals surface area (Å²) < 4.78 is 0. The van der Waals surface area contributed by atoms with Gasteiger partial charge in [0.05, 0.1) is 6.04 Å². The highest BCUT2D eigenvalue weighted by molar-refractivity contribution is 5.51. The zero-order valence-electron chi connectivity index (χ0n) is 22.9. The molecular formula is C36H40N2O. The molecule has 4 aliphatic carbocycles. The fourth-order valence-corrected chi connectivity index (χ4v) is 11.1. The van der Waals surface area contributed by atoms with Crippen LogP contribution in [0.25, 0.3) is 0 Å². The van der Waals surface area contributed by atoms with Crippen LogP contribution in [0.5, 0.6) is 5.75 Å². The molecule has 5 unspecified atom stereocenters. The Hall–Kier alpha value is -2.62. The number of nitrogens with zero attached hydrogens (tertiary/aromatic N) is 2. The number of likely N-dealkylation sites (tertiary alicyclic amines) is 2. The normalized spacial score (nSPS) is 36.6. The first-order valence-electron chi connectivity index (χ1n) is 15.6. The van der Waals surface area contributed by atoms with Crippen LogP contribution in [0.3, 0.4) is 0 Å². The molecule has 3 nitrogen and oxygen atoms in total. The van der Waals surface area contributed by atoms with E-state index in [4.69, 9.17) is 0 Å². The highest BCUT2D eigenvalue weighted by atomic mass is 16.3. The summed E-state index contributed by atoms with van der Waals surface area (Å²) in [5.74, 6) is 2.84. The second-order valence-electron chi connectivity index (χ2n) is 13.9. The monoisotopic (exact) mass is 516 g/mol. The van der Waals surface area contributed by atoms with E-state index in [1.54, 1.807) is 5.56 Å². The minimum atomic E-state index is 0.213. The lowest BCUT2D eigenvalue weighted by Gasteiger charge is -2.67. The average Bonchev–Trinajstić information content (AvgIpc) is 3.67. The van der Waals surface area contributed by atoms with E-state index in [1.165, 1.54) is 81.3 Å². The number of aromatic hydroxyl groups is 1. The Labute approximate surface area is 232 Å². The van der Waals surface area contributed by atoms with Gasteiger partial charge in [0, 0.05) is 30.6 Å². The Morgan fingerprint density at radius 1 is 0.872 bits per heavy atom. The zero-order valence-corrected chi connectivity index (χ0v) is 22.9. The minimum absolute atomic E-state index is 0.213. The van der Waals surface area contributed by atoms with Crippen LogP contribution in [0.2, 0.25) is 0 Å². The molecule has 1 N–H and O–H groups in total. The van der Waals surface area contributed by atoms with Crippen molar-refractivity contribution in [3.8, 4) is 5.75 Å². The van der Waals surface area contributed by atoms with E-state index in [9.17, 15) is 5.11 Å². The molecular weight excluding hydrogens is 476 g/mol. The fourth-order valence-electron chi connectivity index (χ4n) is 11.1. The third kappa shape index (κ3) is 3.07. The van der Waals surface area contributed by atoms with Crippen molar-refractivity contribution >= 4 is 0 Å². The summed E-state index contributed by atoms with van der Waals surface area (Å²) in [5.41, 5.74) is 6.53. The van der Waals surface area contributed by atoms with Crippen molar-refractivity contribution in [2.45, 2.75) is 68.5 Å². The number of rotatable bonds is 5. The smallest absolute Gasteiger partial charge is 0.115 e. The van der Waals surface area contributed by atoms with Crippen LogP contribution in [-0.4, -0.2) is 46.6 Å². The van der Waals surface area contributed by atoms with Gasteiger partial charge in [-0.15, -0.1) is 0 Å². The molecule has 0 amide bonds. The van der Waals surface area contributed by atoms with Crippen molar-refractivity contribution < 1.29 is 5.11 Å². The third-order valence-electron chi connectivity index (χ3n) is 12.4. The molecule has 4 bridgehead atoms. The molecule has 3 heteroatoms. The van der Waals surface area contributed by atoms with Gasteiger partial charge in [-0.25, -0.2) is 0 Å². The van der Waals surface area contributed by atoms with Gasteiger partial charge in [0.15, 0.2) is 0 Å². The molecule has 5 fully saturated rings. The Morgan fingerprint density at radius 3 is 2.33 bits per heavy atom. The maximum atomic E-state index is 10.8. The van der Waals surface area contributed by atoms with Gasteiger partial charge in [0.2, 0.25) is 0 Å². The molecule has 2 heterocycles. The largest absolute Gasteiger partial charge is 0.508 e. The molecule has 0 radical (unpaired) electrons. The van der Waals surface area contributed by atoms with Crippen LogP contribution in [0, 0.1) is 23.2 Å². The predicted molar refractivity (Wildman–Crippen MR) is 155 cm³/mol. The molecule has 3 aromatic rings. The van der Waals surface area contributed by atoms with Crippen molar-refractivity contribution in [3.05, 3.63) is 101 Å². The first kappa shape index (κ1) is 23.1. The number of benzene rings is 3. The lowest BCUT2D eigenvalue weighted by Crippen LogP contribution is -2.69. The van der Waals surface area contributed by atoms with Gasteiger partial charge in [-0.3, -0.25) is 9.80 Å². The van der Waals surface area contributed by atoms with E-state index in [1.807, 2.05) is 6.07 Å². The maximum Gasteiger partial charge on any atom is 0.115 e. The van der Waals surface area contributed by atoms with E-state index in [-0.39, 0.29) is 5.41 Å². The van der Waals surface area contributed by atoms with Crippen molar-refractivity contribution in [1.29, 1.82) is 0 Å². The molecule has 3 saturated carbocycles. The van der Waals surface area contributed by atoms with Crippen LogP contribution in [0.4, 0.5) is 0 Å². The van der Waals surface area contributed by atoms with Crippen LogP contribution >= 0.6 is 0 Å². The quantitative estimate of drug-likeness (QED) is 0.416. The maximum absolute atomic E-state index is 10.8. The number of hydrogen-bond donors (Lipinski definition) is 1. The van der Waals surface area contributed by atoms with Crippen molar-refractivity contribution in [1.82, 2.24) is 9.80 Å². The SMILES string of the molecule is Oc1ccc2c(c1)C13CCN(CC4CC4)C(C2)C12CCC1C3[C@@H](CN1C(c1ccccc1)c1ccccc1)C2. The first-order valence-corrected chi connectivity index (χ1v) is 15.6. The molecule has 3 aromatic carbocycles. The molecule has 0 aromatic heterocycles. The minimum Gasteiger partial charge on any atom is -0.508 e. The predicted octanol–water partition coefficient (Wildman–Crippen LogP) is 6.56. The standard InChI is InChI=1S/C36H40N2O/c39-29-14-13-27-19-32-35-16-15-31-33(36(35,30(27)20-29)17-18-37(32)22-24-11-12-24)28(21-35)23-38(31)34(25-7-3-1-4-8-25)26-9-5-2-6-10-26/h1-10,13-14,20,24,28,31-34,39H,11-12,15-19,21-23H2/t28-,31?,32?,33?,35?,36?/m1/s1. The van der Waals surface area contributed by atoms with Gasteiger partial charge in [0.1, 0.15) is 5.75 Å². The summed E-state index contributed by atoms with van der Waals surface area (Å²) in [5, 5.41) is 10.8. The Morgan fingerprint density at radius 2 is 1.62 bits per heavy atom. The second kappa shape index (κ2) is 8.21.